The minimum Gasteiger partial charge on any atom is -0.341 e. The number of nitrogens with zero attached hydrogens (tertiary/aromatic N) is 4. The molecule has 0 N–H and O–H groups in total. The van der Waals surface area contributed by atoms with Crippen molar-refractivity contribution in [2.75, 3.05) is 23.7 Å². The first-order valence-corrected chi connectivity index (χ1v) is 10.3. The van der Waals surface area contributed by atoms with Gasteiger partial charge in [-0.1, -0.05) is 59.8 Å². The number of rotatable bonds is 6. The van der Waals surface area contributed by atoms with E-state index in [0.29, 0.717) is 21.5 Å². The SMILES string of the molecule is O=C(CSc1nnc(N2CCCC2)n1-c1cccc(Cl)c1)c1ccccc1. The Morgan fingerprint density at radius 1 is 1.04 bits per heavy atom. The maximum absolute atomic E-state index is 12.5. The van der Waals surface area contributed by atoms with Crippen LogP contribution < -0.4 is 4.90 Å². The van der Waals surface area contributed by atoms with E-state index < -0.39 is 0 Å². The molecule has 27 heavy (non-hydrogen) atoms. The number of hydrogen-bond acceptors (Lipinski definition) is 5. The predicted octanol–water partition coefficient (Wildman–Crippen LogP) is 4.50. The molecule has 7 heteroatoms. The molecule has 0 spiro atoms. The molecule has 1 fully saturated rings. The Balaban J connectivity index is 1.63. The minimum atomic E-state index is 0.0731. The fraction of sp³-hybridized carbons (Fsp3) is 0.250. The molecule has 0 saturated carbocycles. The second-order valence-electron chi connectivity index (χ2n) is 6.37. The summed E-state index contributed by atoms with van der Waals surface area (Å²) >= 11 is 7.61. The lowest BCUT2D eigenvalue weighted by Gasteiger charge is -2.18. The van der Waals surface area contributed by atoms with Crippen molar-refractivity contribution in [2.24, 2.45) is 0 Å². The van der Waals surface area contributed by atoms with Gasteiger partial charge in [0.1, 0.15) is 0 Å². The summed E-state index contributed by atoms with van der Waals surface area (Å²) in [7, 11) is 0. The molecule has 0 radical (unpaired) electrons. The van der Waals surface area contributed by atoms with Gasteiger partial charge in [-0.15, -0.1) is 10.2 Å². The van der Waals surface area contributed by atoms with Crippen LogP contribution in [0.2, 0.25) is 5.02 Å². The van der Waals surface area contributed by atoms with Crippen LogP contribution in [0.15, 0.2) is 59.8 Å². The van der Waals surface area contributed by atoms with Gasteiger partial charge in [-0.25, -0.2) is 0 Å². The normalized spacial score (nSPS) is 13.9. The van der Waals surface area contributed by atoms with Crippen molar-refractivity contribution < 1.29 is 4.79 Å². The highest BCUT2D eigenvalue weighted by Crippen LogP contribution is 2.29. The number of benzene rings is 2. The lowest BCUT2D eigenvalue weighted by molar-refractivity contribution is 0.102. The first kappa shape index (κ1) is 18.1. The maximum atomic E-state index is 12.5. The molecule has 4 rings (SSSR count). The van der Waals surface area contributed by atoms with Crippen LogP contribution in [0.5, 0.6) is 0 Å². The minimum absolute atomic E-state index is 0.0731. The molecule has 2 heterocycles. The molecule has 1 aliphatic rings. The van der Waals surface area contributed by atoms with Crippen molar-refractivity contribution in [3.05, 3.63) is 65.2 Å². The molecule has 138 valence electrons. The summed E-state index contributed by atoms with van der Waals surface area (Å²) in [4.78, 5) is 14.7. The van der Waals surface area contributed by atoms with Crippen molar-refractivity contribution in [3.63, 3.8) is 0 Å². The molecule has 0 unspecified atom stereocenters. The average Bonchev–Trinajstić information content (AvgIpc) is 3.36. The van der Waals surface area contributed by atoms with E-state index in [4.69, 9.17) is 11.6 Å². The summed E-state index contributed by atoms with van der Waals surface area (Å²) in [6.45, 7) is 1.93. The smallest absolute Gasteiger partial charge is 0.232 e. The third-order valence-electron chi connectivity index (χ3n) is 4.50. The van der Waals surface area contributed by atoms with E-state index in [9.17, 15) is 4.79 Å². The van der Waals surface area contributed by atoms with E-state index in [1.54, 1.807) is 0 Å². The van der Waals surface area contributed by atoms with Crippen LogP contribution in [0.3, 0.4) is 0 Å². The number of thioether (sulfide) groups is 1. The second-order valence-corrected chi connectivity index (χ2v) is 7.75. The Hall–Kier alpha value is -2.31. The topological polar surface area (TPSA) is 51.0 Å². The standard InChI is InChI=1S/C20H19ClN4OS/c21-16-9-6-10-17(13-16)25-19(24-11-4-5-12-24)22-23-20(25)27-14-18(26)15-7-2-1-3-8-15/h1-3,6-10,13H,4-5,11-12,14H2. The predicted molar refractivity (Wildman–Crippen MR) is 109 cm³/mol. The summed E-state index contributed by atoms with van der Waals surface area (Å²) in [6, 6.07) is 17.0. The van der Waals surface area contributed by atoms with Crippen LogP contribution in [0.4, 0.5) is 5.95 Å². The molecule has 1 aromatic heterocycles. The molecular formula is C20H19ClN4OS. The molecule has 5 nitrogen and oxygen atoms in total. The number of Topliss-reactive ketones (excluding diaryl/α,β-unsaturated/α-hetero) is 1. The van der Waals surface area contributed by atoms with Crippen molar-refractivity contribution in [2.45, 2.75) is 18.0 Å². The van der Waals surface area contributed by atoms with E-state index in [0.717, 1.165) is 37.6 Å². The fourth-order valence-corrected chi connectivity index (χ4v) is 4.18. The maximum Gasteiger partial charge on any atom is 0.232 e. The average molecular weight is 399 g/mol. The number of ketones is 1. The van der Waals surface area contributed by atoms with E-state index >= 15 is 0 Å². The summed E-state index contributed by atoms with van der Waals surface area (Å²) in [6.07, 6.45) is 2.30. The first-order valence-electron chi connectivity index (χ1n) is 8.90. The van der Waals surface area contributed by atoms with Gasteiger partial charge in [0.05, 0.1) is 11.4 Å². The summed E-state index contributed by atoms with van der Waals surface area (Å²) in [5.41, 5.74) is 1.61. The Kier molecular flexibility index (Phi) is 5.45. The van der Waals surface area contributed by atoms with Crippen LogP contribution in [-0.2, 0) is 0 Å². The van der Waals surface area contributed by atoms with Crippen LogP contribution in [0.1, 0.15) is 23.2 Å². The highest BCUT2D eigenvalue weighted by Gasteiger charge is 2.23. The second kappa shape index (κ2) is 8.15. The molecule has 3 aromatic rings. The van der Waals surface area contributed by atoms with Gasteiger partial charge in [0.2, 0.25) is 5.95 Å². The van der Waals surface area contributed by atoms with Gasteiger partial charge in [-0.05, 0) is 31.0 Å². The van der Waals surface area contributed by atoms with Crippen molar-refractivity contribution in [3.8, 4) is 5.69 Å². The largest absolute Gasteiger partial charge is 0.341 e. The van der Waals surface area contributed by atoms with Gasteiger partial charge < -0.3 is 4.90 Å². The van der Waals surface area contributed by atoms with Gasteiger partial charge in [0, 0.05) is 23.7 Å². The molecule has 1 saturated heterocycles. The van der Waals surface area contributed by atoms with E-state index in [2.05, 4.69) is 15.1 Å². The van der Waals surface area contributed by atoms with Crippen LogP contribution in [0.25, 0.3) is 5.69 Å². The number of carbonyl (C=O) groups is 1. The lowest BCUT2D eigenvalue weighted by atomic mass is 10.2. The zero-order valence-electron chi connectivity index (χ0n) is 14.7. The van der Waals surface area contributed by atoms with Gasteiger partial charge in [0.15, 0.2) is 10.9 Å². The molecule has 0 atom stereocenters. The van der Waals surface area contributed by atoms with Gasteiger partial charge >= 0.3 is 0 Å². The van der Waals surface area contributed by atoms with Crippen molar-refractivity contribution in [1.29, 1.82) is 0 Å². The van der Waals surface area contributed by atoms with Crippen LogP contribution in [-0.4, -0.2) is 39.4 Å². The van der Waals surface area contributed by atoms with Crippen LogP contribution >= 0.6 is 23.4 Å². The third kappa shape index (κ3) is 4.01. The Morgan fingerprint density at radius 3 is 2.56 bits per heavy atom. The van der Waals surface area contributed by atoms with E-state index in [1.807, 2.05) is 59.2 Å². The summed E-state index contributed by atoms with van der Waals surface area (Å²) in [5, 5.41) is 10.1. The van der Waals surface area contributed by atoms with E-state index in [-0.39, 0.29) is 5.78 Å². The first-order chi connectivity index (χ1) is 13.2. The zero-order valence-corrected chi connectivity index (χ0v) is 16.3. The lowest BCUT2D eigenvalue weighted by Crippen LogP contribution is -2.22. The van der Waals surface area contributed by atoms with Crippen molar-refractivity contribution in [1.82, 2.24) is 14.8 Å². The number of aromatic nitrogens is 3. The summed E-state index contributed by atoms with van der Waals surface area (Å²) < 4.78 is 2.00. The highest BCUT2D eigenvalue weighted by atomic mass is 35.5. The quantitative estimate of drug-likeness (QED) is 0.452. The number of hydrogen-bond donors (Lipinski definition) is 0. The summed E-state index contributed by atoms with van der Waals surface area (Å²) in [5.74, 6) is 1.19. The van der Waals surface area contributed by atoms with Crippen LogP contribution in [0, 0.1) is 0 Å². The molecule has 1 aliphatic heterocycles. The van der Waals surface area contributed by atoms with Gasteiger partial charge in [0.25, 0.3) is 0 Å². The van der Waals surface area contributed by atoms with Gasteiger partial charge in [-0.2, -0.15) is 0 Å². The number of halogens is 1. The monoisotopic (exact) mass is 398 g/mol. The number of anilines is 1. The zero-order chi connectivity index (χ0) is 18.6. The Morgan fingerprint density at radius 2 is 1.81 bits per heavy atom. The molecule has 0 aliphatic carbocycles. The van der Waals surface area contributed by atoms with Crippen molar-refractivity contribution >= 4 is 35.1 Å². The molecular weight excluding hydrogens is 380 g/mol. The number of carbonyl (C=O) groups excluding carboxylic acids is 1. The fourth-order valence-electron chi connectivity index (χ4n) is 3.16. The Bertz CT molecular complexity index is 938. The Labute approximate surface area is 167 Å². The molecule has 0 bridgehead atoms. The molecule has 0 amide bonds. The van der Waals surface area contributed by atoms with E-state index in [1.165, 1.54) is 11.8 Å². The van der Waals surface area contributed by atoms with Gasteiger partial charge in [-0.3, -0.25) is 9.36 Å². The molecule has 2 aromatic carbocycles. The highest BCUT2D eigenvalue weighted by molar-refractivity contribution is 7.99. The third-order valence-corrected chi connectivity index (χ3v) is 5.66.